The van der Waals surface area contributed by atoms with Gasteiger partial charge in [0.15, 0.2) is 0 Å². The van der Waals surface area contributed by atoms with Crippen molar-refractivity contribution in [2.45, 2.75) is 47.0 Å². The van der Waals surface area contributed by atoms with Gasteiger partial charge in [-0.05, 0) is 55.2 Å². The fourth-order valence-electron chi connectivity index (χ4n) is 5.80. The fourth-order valence-corrected chi connectivity index (χ4v) is 8.00. The van der Waals surface area contributed by atoms with Gasteiger partial charge < -0.3 is 4.90 Å². The number of Topliss-reactive ketones (excluding diaryl/α,β-unsaturated/α-hetero) is 1. The van der Waals surface area contributed by atoms with Gasteiger partial charge in [0, 0.05) is 43.7 Å². The fraction of sp³-hybridized carbons (Fsp3) is 0.682. The molecule has 1 unspecified atom stereocenters. The summed E-state index contributed by atoms with van der Waals surface area (Å²) in [6.07, 6.45) is 2.27. The number of hydrogen-bond donors (Lipinski definition) is 0. The molecular formula is C22H32N2O3S. The van der Waals surface area contributed by atoms with E-state index in [1.807, 2.05) is 0 Å². The van der Waals surface area contributed by atoms with Crippen LogP contribution in [0.4, 0.5) is 5.69 Å². The van der Waals surface area contributed by atoms with Crippen molar-refractivity contribution in [1.29, 1.82) is 0 Å². The maximum Gasteiger partial charge on any atom is 0.215 e. The molecule has 0 N–H and O–H groups in total. The number of fused-ring (bicyclic) bond motifs is 2. The summed E-state index contributed by atoms with van der Waals surface area (Å²) in [5.74, 6) is 0.508. The first kappa shape index (κ1) is 19.9. The third kappa shape index (κ3) is 2.83. The van der Waals surface area contributed by atoms with Crippen molar-refractivity contribution in [1.82, 2.24) is 4.31 Å². The van der Waals surface area contributed by atoms with Gasteiger partial charge >= 0.3 is 0 Å². The number of anilines is 1. The molecule has 1 aromatic carbocycles. The number of aryl methyl sites for hydroxylation is 1. The molecular weight excluding hydrogens is 372 g/mol. The zero-order valence-corrected chi connectivity index (χ0v) is 18.3. The van der Waals surface area contributed by atoms with Gasteiger partial charge in [0.2, 0.25) is 10.0 Å². The van der Waals surface area contributed by atoms with Crippen LogP contribution >= 0.6 is 0 Å². The summed E-state index contributed by atoms with van der Waals surface area (Å²) in [5, 5.41) is 0. The van der Waals surface area contributed by atoms with Crippen LogP contribution in [0.2, 0.25) is 0 Å². The number of carbonyl (C=O) groups is 1. The van der Waals surface area contributed by atoms with Crippen LogP contribution in [0.25, 0.3) is 0 Å². The molecule has 6 heteroatoms. The molecule has 2 saturated carbocycles. The molecule has 2 atom stereocenters. The van der Waals surface area contributed by atoms with Crippen molar-refractivity contribution >= 4 is 21.5 Å². The summed E-state index contributed by atoms with van der Waals surface area (Å²) in [6, 6.07) is 6.28. The van der Waals surface area contributed by atoms with Gasteiger partial charge in [0.1, 0.15) is 5.78 Å². The highest BCUT2D eigenvalue weighted by molar-refractivity contribution is 7.89. The lowest BCUT2D eigenvalue weighted by atomic mass is 9.70. The van der Waals surface area contributed by atoms with Crippen molar-refractivity contribution in [3.63, 3.8) is 0 Å². The molecule has 2 aliphatic carbocycles. The summed E-state index contributed by atoms with van der Waals surface area (Å²) in [6.45, 7) is 10.8. The number of nitrogens with zero attached hydrogens (tertiary/aromatic N) is 2. The first-order valence-corrected chi connectivity index (χ1v) is 12.0. The summed E-state index contributed by atoms with van der Waals surface area (Å²) < 4.78 is 28.2. The predicted octanol–water partition coefficient (Wildman–Crippen LogP) is 3.15. The minimum atomic E-state index is -3.45. The van der Waals surface area contributed by atoms with Gasteiger partial charge in [0.05, 0.1) is 5.75 Å². The smallest absolute Gasteiger partial charge is 0.215 e. The second-order valence-corrected chi connectivity index (χ2v) is 11.5. The van der Waals surface area contributed by atoms with Crippen molar-refractivity contribution < 1.29 is 13.2 Å². The highest BCUT2D eigenvalue weighted by Crippen LogP contribution is 2.64. The zero-order valence-electron chi connectivity index (χ0n) is 17.5. The summed E-state index contributed by atoms with van der Waals surface area (Å²) in [7, 11) is -3.45. The van der Waals surface area contributed by atoms with Crippen LogP contribution in [-0.2, 0) is 14.8 Å². The normalized spacial score (nSPS) is 30.2. The van der Waals surface area contributed by atoms with E-state index in [4.69, 9.17) is 0 Å². The molecule has 2 bridgehead atoms. The summed E-state index contributed by atoms with van der Waals surface area (Å²) in [5.41, 5.74) is 2.82. The Bertz CT molecular complexity index is 900. The SMILES string of the molecule is Cc1cccc(N2CCN(S(=O)(=O)CC34CC[C@@H](CC3=O)C4(C)C)CC2)c1C. The first-order chi connectivity index (χ1) is 13.1. The summed E-state index contributed by atoms with van der Waals surface area (Å²) in [4.78, 5) is 15.0. The number of carbonyl (C=O) groups excluding carboxylic acids is 1. The number of rotatable bonds is 4. The van der Waals surface area contributed by atoms with E-state index < -0.39 is 15.4 Å². The molecule has 28 heavy (non-hydrogen) atoms. The van der Waals surface area contributed by atoms with E-state index in [0.717, 1.165) is 12.8 Å². The Kier molecular flexibility index (Phi) is 4.66. The quantitative estimate of drug-likeness (QED) is 0.774. The molecule has 5 nitrogen and oxygen atoms in total. The second-order valence-electron chi connectivity index (χ2n) is 9.53. The molecule has 1 aliphatic heterocycles. The number of piperazine rings is 1. The number of ketones is 1. The van der Waals surface area contributed by atoms with Gasteiger partial charge in [0.25, 0.3) is 0 Å². The largest absolute Gasteiger partial charge is 0.369 e. The molecule has 1 heterocycles. The van der Waals surface area contributed by atoms with Crippen LogP contribution < -0.4 is 4.90 Å². The first-order valence-electron chi connectivity index (χ1n) is 10.4. The third-order valence-corrected chi connectivity index (χ3v) is 10.1. The maximum absolute atomic E-state index is 13.3. The minimum absolute atomic E-state index is 0.00813. The van der Waals surface area contributed by atoms with Crippen molar-refractivity contribution in [2.75, 3.05) is 36.8 Å². The number of sulfonamides is 1. The maximum atomic E-state index is 13.3. The Morgan fingerprint density at radius 3 is 2.36 bits per heavy atom. The van der Waals surface area contributed by atoms with Gasteiger partial charge in [-0.25, -0.2) is 8.42 Å². The van der Waals surface area contributed by atoms with Crippen LogP contribution in [0.1, 0.15) is 44.2 Å². The minimum Gasteiger partial charge on any atom is -0.369 e. The molecule has 4 rings (SSSR count). The van der Waals surface area contributed by atoms with Gasteiger partial charge in [-0.15, -0.1) is 0 Å². The van der Waals surface area contributed by atoms with E-state index >= 15 is 0 Å². The number of benzene rings is 1. The van der Waals surface area contributed by atoms with Crippen LogP contribution in [0.5, 0.6) is 0 Å². The van der Waals surface area contributed by atoms with Crippen LogP contribution in [-0.4, -0.2) is 50.4 Å². The molecule has 1 aromatic rings. The summed E-state index contributed by atoms with van der Waals surface area (Å²) >= 11 is 0. The predicted molar refractivity (Wildman–Crippen MR) is 112 cm³/mol. The van der Waals surface area contributed by atoms with E-state index in [1.165, 1.54) is 16.8 Å². The highest BCUT2D eigenvalue weighted by Gasteiger charge is 2.65. The molecule has 0 spiro atoms. The van der Waals surface area contributed by atoms with Gasteiger partial charge in [-0.1, -0.05) is 26.0 Å². The standard InChI is InChI=1S/C22H32N2O3S/c1-16-6-5-7-19(17(16)2)23-10-12-24(13-11-23)28(26,27)15-22-9-8-18(14-20(22)25)21(22,3)4/h5-7,18H,8-15H2,1-4H3/t18-,22?/m0/s1. The van der Waals surface area contributed by atoms with Crippen LogP contribution in [0.15, 0.2) is 18.2 Å². The van der Waals surface area contributed by atoms with E-state index in [1.54, 1.807) is 4.31 Å². The zero-order chi connectivity index (χ0) is 20.3. The Morgan fingerprint density at radius 2 is 1.79 bits per heavy atom. The third-order valence-electron chi connectivity index (χ3n) is 8.12. The molecule has 0 radical (unpaired) electrons. The Hall–Kier alpha value is -1.40. The van der Waals surface area contributed by atoms with Gasteiger partial charge in [-0.3, -0.25) is 4.79 Å². The van der Waals surface area contributed by atoms with Crippen molar-refractivity contribution in [2.24, 2.45) is 16.7 Å². The van der Waals surface area contributed by atoms with E-state index in [-0.39, 0.29) is 17.0 Å². The van der Waals surface area contributed by atoms with Crippen molar-refractivity contribution in [3.8, 4) is 0 Å². The van der Waals surface area contributed by atoms with Gasteiger partial charge in [-0.2, -0.15) is 4.31 Å². The van der Waals surface area contributed by atoms with E-state index in [2.05, 4.69) is 50.8 Å². The lowest BCUT2D eigenvalue weighted by molar-refractivity contribution is -0.128. The molecule has 3 fully saturated rings. The number of hydrogen-bond acceptors (Lipinski definition) is 4. The monoisotopic (exact) mass is 404 g/mol. The lowest BCUT2D eigenvalue weighted by Gasteiger charge is -2.40. The Balaban J connectivity index is 1.49. The molecule has 1 saturated heterocycles. The van der Waals surface area contributed by atoms with Crippen molar-refractivity contribution in [3.05, 3.63) is 29.3 Å². The average molecular weight is 405 g/mol. The van der Waals surface area contributed by atoms with E-state index in [0.29, 0.717) is 38.5 Å². The molecule has 3 aliphatic rings. The second kappa shape index (κ2) is 6.56. The molecule has 0 amide bonds. The Labute approximate surface area is 169 Å². The lowest BCUT2D eigenvalue weighted by Crippen LogP contribution is -2.52. The topological polar surface area (TPSA) is 57.7 Å². The Morgan fingerprint density at radius 1 is 1.11 bits per heavy atom. The molecule has 0 aromatic heterocycles. The average Bonchev–Trinajstić information content (AvgIpc) is 2.98. The van der Waals surface area contributed by atoms with Crippen LogP contribution in [0.3, 0.4) is 0 Å². The molecule has 154 valence electrons. The highest BCUT2D eigenvalue weighted by atomic mass is 32.2. The van der Waals surface area contributed by atoms with Crippen LogP contribution in [0, 0.1) is 30.6 Å². The van der Waals surface area contributed by atoms with E-state index in [9.17, 15) is 13.2 Å².